The number of hydrogen-bond donors (Lipinski definition) is 0. The minimum Gasteiger partial charge on any atom is -0.453 e. The monoisotopic (exact) mass is 349 g/mol. The summed E-state index contributed by atoms with van der Waals surface area (Å²) in [6.45, 7) is 2.12. The normalized spacial score (nSPS) is 12.1. The van der Waals surface area contributed by atoms with Crippen LogP contribution in [0.3, 0.4) is 0 Å². The molecule has 1 aliphatic rings. The van der Waals surface area contributed by atoms with Crippen molar-refractivity contribution in [1.82, 2.24) is 0 Å². The van der Waals surface area contributed by atoms with Crippen molar-refractivity contribution >= 4 is 17.1 Å². The highest BCUT2D eigenvalue weighted by molar-refractivity contribution is 5.87. The second-order valence-electron chi connectivity index (χ2n) is 6.79. The summed E-state index contributed by atoms with van der Waals surface area (Å²) in [5.74, 6) is 1.74. The minimum atomic E-state index is 0.872. The van der Waals surface area contributed by atoms with Crippen LogP contribution in [0, 0.1) is 6.92 Å². The first kappa shape index (κ1) is 15.7. The van der Waals surface area contributed by atoms with Crippen molar-refractivity contribution < 1.29 is 4.74 Å². The fraction of sp³-hybridized carbons (Fsp3) is 0.0400. The quantitative estimate of drug-likeness (QED) is 0.333. The van der Waals surface area contributed by atoms with Crippen LogP contribution >= 0.6 is 0 Å². The fourth-order valence-electron chi connectivity index (χ4n) is 3.61. The van der Waals surface area contributed by atoms with Crippen molar-refractivity contribution in [2.45, 2.75) is 6.92 Å². The lowest BCUT2D eigenvalue weighted by Gasteiger charge is -2.33. The van der Waals surface area contributed by atoms with Crippen molar-refractivity contribution in [2.24, 2.45) is 0 Å². The summed E-state index contributed by atoms with van der Waals surface area (Å²) in [6, 6.07) is 33.6. The SMILES string of the molecule is Cc1cccc(N2c3ccccc3Oc3cc(-c4ccccc4)ccc32)c1. The molecule has 0 fully saturated rings. The van der Waals surface area contributed by atoms with Crippen LogP contribution in [0.2, 0.25) is 0 Å². The topological polar surface area (TPSA) is 12.5 Å². The van der Waals surface area contributed by atoms with Crippen molar-refractivity contribution in [3.05, 3.63) is 103 Å². The number of anilines is 3. The molecule has 1 heterocycles. The molecule has 4 aromatic carbocycles. The molecule has 0 aromatic heterocycles. The lowest BCUT2D eigenvalue weighted by molar-refractivity contribution is 0.477. The average molecular weight is 349 g/mol. The van der Waals surface area contributed by atoms with Gasteiger partial charge in [-0.1, -0.05) is 60.7 Å². The van der Waals surface area contributed by atoms with Gasteiger partial charge in [-0.05, 0) is 60.0 Å². The first-order chi connectivity index (χ1) is 13.3. The van der Waals surface area contributed by atoms with Crippen molar-refractivity contribution in [2.75, 3.05) is 4.90 Å². The van der Waals surface area contributed by atoms with Crippen molar-refractivity contribution in [1.29, 1.82) is 0 Å². The van der Waals surface area contributed by atoms with Crippen LogP contribution in [0.15, 0.2) is 97.1 Å². The Bertz CT molecular complexity index is 1120. The lowest BCUT2D eigenvalue weighted by Crippen LogP contribution is -2.15. The van der Waals surface area contributed by atoms with E-state index in [1.165, 1.54) is 11.1 Å². The lowest BCUT2D eigenvalue weighted by atomic mass is 10.0. The van der Waals surface area contributed by atoms with E-state index in [9.17, 15) is 0 Å². The molecular weight excluding hydrogens is 330 g/mol. The van der Waals surface area contributed by atoms with Gasteiger partial charge in [-0.15, -0.1) is 0 Å². The summed E-state index contributed by atoms with van der Waals surface area (Å²) < 4.78 is 6.28. The van der Waals surface area contributed by atoms with Crippen molar-refractivity contribution in [3.63, 3.8) is 0 Å². The Kier molecular flexibility index (Phi) is 3.68. The second-order valence-corrected chi connectivity index (χ2v) is 6.79. The molecule has 0 N–H and O–H groups in total. The number of ether oxygens (including phenoxy) is 1. The van der Waals surface area contributed by atoms with E-state index in [4.69, 9.17) is 4.74 Å². The molecule has 0 amide bonds. The first-order valence-electron chi connectivity index (χ1n) is 9.13. The van der Waals surface area contributed by atoms with Gasteiger partial charge in [-0.2, -0.15) is 0 Å². The fourth-order valence-corrected chi connectivity index (χ4v) is 3.61. The number of nitrogens with zero attached hydrogens (tertiary/aromatic N) is 1. The van der Waals surface area contributed by atoms with Gasteiger partial charge < -0.3 is 9.64 Å². The van der Waals surface area contributed by atoms with Crippen LogP contribution in [0.5, 0.6) is 11.5 Å². The molecule has 0 saturated carbocycles. The van der Waals surface area contributed by atoms with Crippen LogP contribution in [-0.4, -0.2) is 0 Å². The predicted molar refractivity (Wildman–Crippen MR) is 111 cm³/mol. The van der Waals surface area contributed by atoms with E-state index in [2.05, 4.69) is 84.6 Å². The van der Waals surface area contributed by atoms with E-state index >= 15 is 0 Å². The van der Waals surface area contributed by atoms with Crippen molar-refractivity contribution in [3.8, 4) is 22.6 Å². The molecule has 0 unspecified atom stereocenters. The molecule has 2 nitrogen and oxygen atoms in total. The summed E-state index contributed by atoms with van der Waals surface area (Å²) in [7, 11) is 0. The van der Waals surface area contributed by atoms with Crippen LogP contribution < -0.4 is 9.64 Å². The third-order valence-electron chi connectivity index (χ3n) is 4.89. The summed E-state index contributed by atoms with van der Waals surface area (Å²) in [6.07, 6.45) is 0. The van der Waals surface area contributed by atoms with E-state index in [1.54, 1.807) is 0 Å². The molecule has 4 aromatic rings. The zero-order chi connectivity index (χ0) is 18.2. The Balaban J connectivity index is 1.69. The Labute approximate surface area is 159 Å². The van der Waals surface area contributed by atoms with Crippen LogP contribution in [0.25, 0.3) is 11.1 Å². The van der Waals surface area contributed by atoms with Crippen LogP contribution in [0.4, 0.5) is 17.1 Å². The van der Waals surface area contributed by atoms with Gasteiger partial charge in [-0.25, -0.2) is 0 Å². The van der Waals surface area contributed by atoms with Gasteiger partial charge in [0, 0.05) is 5.69 Å². The number of fused-ring (bicyclic) bond motifs is 2. The van der Waals surface area contributed by atoms with Gasteiger partial charge in [0.1, 0.15) is 0 Å². The maximum atomic E-state index is 6.28. The highest BCUT2D eigenvalue weighted by Crippen LogP contribution is 2.51. The standard InChI is InChI=1S/C25H19NO/c1-18-8-7-11-21(16-18)26-22-12-5-6-13-24(22)27-25-17-20(14-15-23(25)26)19-9-3-2-4-10-19/h2-17H,1H3. The molecular formula is C25H19NO. The summed E-state index contributed by atoms with van der Waals surface area (Å²) in [4.78, 5) is 2.27. The van der Waals surface area contributed by atoms with Gasteiger partial charge in [0.15, 0.2) is 11.5 Å². The van der Waals surface area contributed by atoms with Gasteiger partial charge in [-0.3, -0.25) is 0 Å². The zero-order valence-corrected chi connectivity index (χ0v) is 15.1. The molecule has 0 aliphatic carbocycles. The number of benzene rings is 4. The zero-order valence-electron chi connectivity index (χ0n) is 15.1. The van der Waals surface area contributed by atoms with Gasteiger partial charge in [0.05, 0.1) is 11.4 Å². The van der Waals surface area contributed by atoms with Crippen LogP contribution in [0.1, 0.15) is 5.56 Å². The molecule has 0 bridgehead atoms. The predicted octanol–water partition coefficient (Wildman–Crippen LogP) is 7.24. The van der Waals surface area contributed by atoms with Gasteiger partial charge in [0.25, 0.3) is 0 Å². The maximum Gasteiger partial charge on any atom is 0.152 e. The number of para-hydroxylation sites is 2. The highest BCUT2D eigenvalue weighted by Gasteiger charge is 2.25. The van der Waals surface area contributed by atoms with E-state index in [0.717, 1.165) is 34.1 Å². The number of aryl methyl sites for hydroxylation is 1. The maximum absolute atomic E-state index is 6.28. The van der Waals surface area contributed by atoms with E-state index < -0.39 is 0 Å². The Morgan fingerprint density at radius 1 is 0.593 bits per heavy atom. The van der Waals surface area contributed by atoms with E-state index in [-0.39, 0.29) is 0 Å². The Morgan fingerprint density at radius 2 is 1.37 bits per heavy atom. The first-order valence-corrected chi connectivity index (χ1v) is 9.13. The smallest absolute Gasteiger partial charge is 0.152 e. The summed E-state index contributed by atoms with van der Waals surface area (Å²) in [5.41, 5.74) is 6.82. The molecule has 27 heavy (non-hydrogen) atoms. The second kappa shape index (κ2) is 6.33. The Morgan fingerprint density at radius 3 is 2.22 bits per heavy atom. The third-order valence-corrected chi connectivity index (χ3v) is 4.89. The molecule has 0 saturated heterocycles. The van der Waals surface area contributed by atoms with E-state index in [0.29, 0.717) is 0 Å². The molecule has 2 heteroatoms. The Hall–Kier alpha value is -3.52. The number of rotatable bonds is 2. The van der Waals surface area contributed by atoms with Gasteiger partial charge in [0.2, 0.25) is 0 Å². The highest BCUT2D eigenvalue weighted by atomic mass is 16.5. The average Bonchev–Trinajstić information content (AvgIpc) is 2.72. The van der Waals surface area contributed by atoms with Crippen LogP contribution in [-0.2, 0) is 0 Å². The number of hydrogen-bond acceptors (Lipinski definition) is 2. The van der Waals surface area contributed by atoms with E-state index in [1.807, 2.05) is 24.3 Å². The summed E-state index contributed by atoms with van der Waals surface area (Å²) >= 11 is 0. The molecule has 0 radical (unpaired) electrons. The third kappa shape index (κ3) is 2.76. The molecule has 1 aliphatic heterocycles. The largest absolute Gasteiger partial charge is 0.453 e. The molecule has 0 atom stereocenters. The molecule has 130 valence electrons. The molecule has 5 rings (SSSR count). The summed E-state index contributed by atoms with van der Waals surface area (Å²) in [5, 5.41) is 0. The molecule has 0 spiro atoms. The minimum absolute atomic E-state index is 0.872. The van der Waals surface area contributed by atoms with Gasteiger partial charge >= 0.3 is 0 Å².